The minimum atomic E-state index is 0.515. The van der Waals surface area contributed by atoms with Gasteiger partial charge < -0.3 is 9.26 Å². The molecule has 0 N–H and O–H groups in total. The molecule has 1 heterocycles. The molecule has 0 aliphatic rings. The first-order valence-electron chi connectivity index (χ1n) is 7.31. The van der Waals surface area contributed by atoms with E-state index in [0.717, 1.165) is 22.3 Å². The van der Waals surface area contributed by atoms with Gasteiger partial charge in [0.1, 0.15) is 5.75 Å². The highest BCUT2D eigenvalue weighted by Gasteiger charge is 2.11. The van der Waals surface area contributed by atoms with Crippen molar-refractivity contribution in [2.45, 2.75) is 0 Å². The number of hydrogen-bond donors (Lipinski definition) is 0. The Morgan fingerprint density at radius 1 is 0.826 bits per heavy atom. The summed E-state index contributed by atoms with van der Waals surface area (Å²) in [6, 6.07) is 21.9. The van der Waals surface area contributed by atoms with Crippen LogP contribution in [0.3, 0.4) is 0 Å². The van der Waals surface area contributed by atoms with Crippen LogP contribution in [0.25, 0.3) is 33.6 Å². The van der Waals surface area contributed by atoms with Crippen molar-refractivity contribution in [2.24, 2.45) is 0 Å². The summed E-state index contributed by atoms with van der Waals surface area (Å²) in [5.41, 5.74) is 1.80. The molecule has 0 atom stereocenters. The Kier molecular flexibility index (Phi) is 3.27. The molecule has 112 valence electrons. The zero-order valence-corrected chi connectivity index (χ0v) is 12.6. The summed E-state index contributed by atoms with van der Waals surface area (Å²) in [6.07, 6.45) is 0. The fraction of sp³-hybridized carbons (Fsp3) is 0.0526. The molecule has 4 aromatic rings. The predicted molar refractivity (Wildman–Crippen MR) is 89.2 cm³/mol. The first-order valence-corrected chi connectivity index (χ1v) is 7.31. The minimum Gasteiger partial charge on any atom is -0.497 e. The van der Waals surface area contributed by atoms with E-state index < -0.39 is 0 Å². The Hall–Kier alpha value is -3.14. The van der Waals surface area contributed by atoms with Crippen LogP contribution in [0.4, 0.5) is 0 Å². The third-order valence-electron chi connectivity index (χ3n) is 3.77. The van der Waals surface area contributed by atoms with Gasteiger partial charge in [-0.3, -0.25) is 0 Å². The molecule has 0 radical (unpaired) electrons. The third-order valence-corrected chi connectivity index (χ3v) is 3.77. The average molecular weight is 302 g/mol. The van der Waals surface area contributed by atoms with Gasteiger partial charge in [-0.05, 0) is 47.2 Å². The fourth-order valence-corrected chi connectivity index (χ4v) is 2.52. The lowest BCUT2D eigenvalue weighted by molar-refractivity contribution is 0.415. The molecule has 0 aliphatic heterocycles. The van der Waals surface area contributed by atoms with Gasteiger partial charge in [-0.15, -0.1) is 0 Å². The molecule has 0 spiro atoms. The Morgan fingerprint density at radius 3 is 2.35 bits per heavy atom. The molecular weight excluding hydrogens is 288 g/mol. The van der Waals surface area contributed by atoms with E-state index in [-0.39, 0.29) is 0 Å². The van der Waals surface area contributed by atoms with Crippen LogP contribution in [0.2, 0.25) is 0 Å². The molecule has 0 saturated heterocycles. The highest BCUT2D eigenvalue weighted by Crippen LogP contribution is 2.26. The van der Waals surface area contributed by atoms with Crippen molar-refractivity contribution >= 4 is 10.8 Å². The van der Waals surface area contributed by atoms with Crippen molar-refractivity contribution in [1.82, 2.24) is 10.1 Å². The summed E-state index contributed by atoms with van der Waals surface area (Å²) in [4.78, 5) is 4.49. The zero-order chi connectivity index (χ0) is 15.6. The van der Waals surface area contributed by atoms with Gasteiger partial charge >= 0.3 is 0 Å². The number of fused-ring (bicyclic) bond motifs is 1. The molecule has 3 aromatic carbocycles. The van der Waals surface area contributed by atoms with Crippen LogP contribution in [-0.2, 0) is 0 Å². The average Bonchev–Trinajstić information content (AvgIpc) is 3.11. The van der Waals surface area contributed by atoms with Crippen LogP contribution in [0.5, 0.6) is 5.75 Å². The molecule has 0 unspecified atom stereocenters. The number of nitrogens with zero attached hydrogens (tertiary/aromatic N) is 2. The van der Waals surface area contributed by atoms with Crippen LogP contribution in [0.1, 0.15) is 0 Å². The first-order chi connectivity index (χ1) is 11.3. The smallest absolute Gasteiger partial charge is 0.258 e. The fourth-order valence-electron chi connectivity index (χ4n) is 2.52. The van der Waals surface area contributed by atoms with Crippen molar-refractivity contribution in [1.29, 1.82) is 0 Å². The lowest BCUT2D eigenvalue weighted by Gasteiger charge is -1.99. The van der Waals surface area contributed by atoms with Gasteiger partial charge in [-0.2, -0.15) is 4.98 Å². The van der Waals surface area contributed by atoms with Gasteiger partial charge in [0.25, 0.3) is 5.89 Å². The topological polar surface area (TPSA) is 48.2 Å². The van der Waals surface area contributed by atoms with Gasteiger partial charge in [0.15, 0.2) is 0 Å². The molecule has 1 aromatic heterocycles. The van der Waals surface area contributed by atoms with E-state index in [9.17, 15) is 0 Å². The standard InChI is InChI=1S/C19H14N2O2/c1-22-17-10-8-14(9-11-17)18-20-19(23-21-18)16-7-6-13-4-2-3-5-15(13)12-16/h2-12H,1H3. The quantitative estimate of drug-likeness (QED) is 0.556. The number of aromatic nitrogens is 2. The van der Waals surface area contributed by atoms with E-state index in [0.29, 0.717) is 11.7 Å². The summed E-state index contributed by atoms with van der Waals surface area (Å²) < 4.78 is 10.6. The van der Waals surface area contributed by atoms with Gasteiger partial charge in [0.2, 0.25) is 5.82 Å². The van der Waals surface area contributed by atoms with Crippen LogP contribution in [0.15, 0.2) is 71.3 Å². The first kappa shape index (κ1) is 13.5. The highest BCUT2D eigenvalue weighted by molar-refractivity contribution is 5.86. The van der Waals surface area contributed by atoms with Crippen molar-refractivity contribution in [3.05, 3.63) is 66.7 Å². The number of ether oxygens (including phenoxy) is 1. The van der Waals surface area contributed by atoms with Crippen LogP contribution in [0, 0.1) is 0 Å². The van der Waals surface area contributed by atoms with Gasteiger partial charge in [0.05, 0.1) is 7.11 Å². The van der Waals surface area contributed by atoms with Crippen molar-refractivity contribution in [2.75, 3.05) is 7.11 Å². The molecule has 0 saturated carbocycles. The molecule has 0 amide bonds. The Balaban J connectivity index is 1.70. The number of hydrogen-bond acceptors (Lipinski definition) is 4. The molecule has 0 fully saturated rings. The SMILES string of the molecule is COc1ccc(-c2noc(-c3ccc4ccccc4c3)n2)cc1. The second-order valence-electron chi connectivity index (χ2n) is 5.21. The lowest BCUT2D eigenvalue weighted by Crippen LogP contribution is -1.84. The molecule has 4 rings (SSSR count). The summed E-state index contributed by atoms with van der Waals surface area (Å²) in [6.45, 7) is 0. The van der Waals surface area contributed by atoms with E-state index >= 15 is 0 Å². The van der Waals surface area contributed by atoms with Gasteiger partial charge in [-0.1, -0.05) is 35.5 Å². The summed E-state index contributed by atoms with van der Waals surface area (Å²) in [7, 11) is 1.64. The van der Waals surface area contributed by atoms with E-state index in [2.05, 4.69) is 34.4 Å². The zero-order valence-electron chi connectivity index (χ0n) is 12.6. The molecule has 4 nitrogen and oxygen atoms in total. The normalized spacial score (nSPS) is 10.8. The number of methoxy groups -OCH3 is 1. The van der Waals surface area contributed by atoms with Crippen LogP contribution < -0.4 is 4.74 Å². The van der Waals surface area contributed by atoms with E-state index in [4.69, 9.17) is 9.26 Å². The van der Waals surface area contributed by atoms with Crippen molar-refractivity contribution < 1.29 is 9.26 Å². The Morgan fingerprint density at radius 2 is 1.57 bits per heavy atom. The molecule has 0 bridgehead atoms. The monoisotopic (exact) mass is 302 g/mol. The van der Waals surface area contributed by atoms with E-state index in [1.807, 2.05) is 42.5 Å². The van der Waals surface area contributed by atoms with Crippen LogP contribution >= 0.6 is 0 Å². The third kappa shape index (κ3) is 2.55. The number of benzene rings is 3. The van der Waals surface area contributed by atoms with E-state index in [1.165, 1.54) is 5.39 Å². The second kappa shape index (κ2) is 5.57. The summed E-state index contributed by atoms with van der Waals surface area (Å²) in [5.74, 6) is 1.88. The summed E-state index contributed by atoms with van der Waals surface area (Å²) in [5, 5.41) is 6.41. The van der Waals surface area contributed by atoms with Crippen LogP contribution in [-0.4, -0.2) is 17.3 Å². The maximum Gasteiger partial charge on any atom is 0.258 e. The van der Waals surface area contributed by atoms with Crippen molar-refractivity contribution in [3.63, 3.8) is 0 Å². The predicted octanol–water partition coefficient (Wildman–Crippen LogP) is 4.57. The van der Waals surface area contributed by atoms with Crippen molar-refractivity contribution in [3.8, 4) is 28.6 Å². The Labute approximate surface area is 133 Å². The molecule has 4 heteroatoms. The van der Waals surface area contributed by atoms with Gasteiger partial charge in [0, 0.05) is 11.1 Å². The molecule has 0 aliphatic carbocycles. The maximum absolute atomic E-state index is 5.42. The largest absolute Gasteiger partial charge is 0.497 e. The molecule has 23 heavy (non-hydrogen) atoms. The second-order valence-corrected chi connectivity index (χ2v) is 5.21. The maximum atomic E-state index is 5.42. The van der Waals surface area contributed by atoms with E-state index in [1.54, 1.807) is 7.11 Å². The molecular formula is C19H14N2O2. The summed E-state index contributed by atoms with van der Waals surface area (Å²) >= 11 is 0. The Bertz CT molecular complexity index is 958. The highest BCUT2D eigenvalue weighted by atomic mass is 16.5. The lowest BCUT2D eigenvalue weighted by atomic mass is 10.1. The van der Waals surface area contributed by atoms with Gasteiger partial charge in [-0.25, -0.2) is 0 Å². The minimum absolute atomic E-state index is 0.515. The number of rotatable bonds is 3.